The summed E-state index contributed by atoms with van der Waals surface area (Å²) in [6.07, 6.45) is 2.03. The van der Waals surface area contributed by atoms with Gasteiger partial charge in [-0.05, 0) is 24.9 Å². The highest BCUT2D eigenvalue weighted by molar-refractivity contribution is 6.30. The molecule has 0 fully saturated rings. The van der Waals surface area contributed by atoms with Crippen LogP contribution >= 0.6 is 11.6 Å². The Morgan fingerprint density at radius 2 is 2.06 bits per heavy atom. The average Bonchev–Trinajstić information content (AvgIpc) is 2.32. The van der Waals surface area contributed by atoms with Crippen LogP contribution in [0, 0.1) is 11.7 Å². The maximum absolute atomic E-state index is 14.0. The van der Waals surface area contributed by atoms with Gasteiger partial charge in [0.15, 0.2) is 0 Å². The molecule has 1 rings (SSSR count). The summed E-state index contributed by atoms with van der Waals surface area (Å²) < 4.78 is 14.0. The molecule has 0 aliphatic heterocycles. The Morgan fingerprint density at radius 3 is 2.65 bits per heavy atom. The zero-order valence-corrected chi connectivity index (χ0v) is 11.5. The van der Waals surface area contributed by atoms with Crippen molar-refractivity contribution in [3.8, 4) is 0 Å². The van der Waals surface area contributed by atoms with Gasteiger partial charge in [0.25, 0.3) is 0 Å². The highest BCUT2D eigenvalue weighted by atomic mass is 35.5. The molecule has 2 atom stereocenters. The Bertz CT molecular complexity index is 354. The normalized spacial score (nSPS) is 14.6. The van der Waals surface area contributed by atoms with Crippen LogP contribution in [-0.2, 0) is 0 Å². The van der Waals surface area contributed by atoms with Crippen LogP contribution in [0.5, 0.6) is 0 Å². The van der Waals surface area contributed by atoms with Gasteiger partial charge in [-0.3, -0.25) is 0 Å². The van der Waals surface area contributed by atoms with Gasteiger partial charge in [0.05, 0.1) is 5.02 Å². The SMILES string of the molecule is CCNC(CC(C)CC)c1cccc(Cl)c1F. The van der Waals surface area contributed by atoms with E-state index in [4.69, 9.17) is 11.6 Å². The molecule has 0 aromatic heterocycles. The zero-order valence-electron chi connectivity index (χ0n) is 10.8. The summed E-state index contributed by atoms with van der Waals surface area (Å²) in [6, 6.07) is 5.26. The van der Waals surface area contributed by atoms with Gasteiger partial charge in [0, 0.05) is 11.6 Å². The number of rotatable bonds is 6. The van der Waals surface area contributed by atoms with Crippen LogP contribution in [0.3, 0.4) is 0 Å². The zero-order chi connectivity index (χ0) is 12.8. The molecule has 2 unspecified atom stereocenters. The predicted octanol–water partition coefficient (Wildman–Crippen LogP) is 4.57. The second-order valence-electron chi connectivity index (χ2n) is 4.50. The second-order valence-corrected chi connectivity index (χ2v) is 4.91. The first-order valence-corrected chi connectivity index (χ1v) is 6.65. The molecule has 1 aromatic rings. The topological polar surface area (TPSA) is 12.0 Å². The lowest BCUT2D eigenvalue weighted by molar-refractivity contribution is 0.398. The van der Waals surface area contributed by atoms with Gasteiger partial charge in [-0.25, -0.2) is 4.39 Å². The Labute approximate surface area is 108 Å². The van der Waals surface area contributed by atoms with Crippen molar-refractivity contribution >= 4 is 11.6 Å². The van der Waals surface area contributed by atoms with E-state index in [9.17, 15) is 4.39 Å². The molecule has 0 radical (unpaired) electrons. The molecule has 96 valence electrons. The van der Waals surface area contributed by atoms with E-state index in [1.54, 1.807) is 6.07 Å². The van der Waals surface area contributed by atoms with Crippen molar-refractivity contribution in [3.05, 3.63) is 34.6 Å². The molecular weight excluding hydrogens is 237 g/mol. The molecule has 1 aromatic carbocycles. The largest absolute Gasteiger partial charge is 0.310 e. The first-order valence-electron chi connectivity index (χ1n) is 6.27. The molecule has 0 amide bonds. The van der Waals surface area contributed by atoms with Crippen LogP contribution in [0.4, 0.5) is 4.39 Å². The van der Waals surface area contributed by atoms with Crippen LogP contribution in [0.25, 0.3) is 0 Å². The molecule has 1 nitrogen and oxygen atoms in total. The average molecular weight is 258 g/mol. The standard InChI is InChI=1S/C14H21ClFN/c1-4-10(3)9-13(17-5-2)11-7-6-8-12(15)14(11)16/h6-8,10,13,17H,4-5,9H2,1-3H3. The van der Waals surface area contributed by atoms with E-state index in [2.05, 4.69) is 19.2 Å². The number of benzene rings is 1. The van der Waals surface area contributed by atoms with Gasteiger partial charge in [0.2, 0.25) is 0 Å². The van der Waals surface area contributed by atoms with Gasteiger partial charge in [-0.2, -0.15) is 0 Å². The van der Waals surface area contributed by atoms with Gasteiger partial charge in [0.1, 0.15) is 5.82 Å². The van der Waals surface area contributed by atoms with Crippen molar-refractivity contribution in [2.24, 2.45) is 5.92 Å². The van der Waals surface area contributed by atoms with E-state index in [1.165, 1.54) is 0 Å². The number of nitrogens with one attached hydrogen (secondary N) is 1. The summed E-state index contributed by atoms with van der Waals surface area (Å²) in [5.74, 6) is 0.279. The molecule has 0 saturated carbocycles. The summed E-state index contributed by atoms with van der Waals surface area (Å²) in [6.45, 7) is 7.20. The Balaban J connectivity index is 2.92. The summed E-state index contributed by atoms with van der Waals surface area (Å²) in [5.41, 5.74) is 0.680. The van der Waals surface area contributed by atoms with E-state index >= 15 is 0 Å². The molecule has 0 saturated heterocycles. The summed E-state index contributed by atoms with van der Waals surface area (Å²) in [7, 11) is 0. The maximum atomic E-state index is 14.0. The van der Waals surface area contributed by atoms with E-state index < -0.39 is 0 Å². The fraction of sp³-hybridized carbons (Fsp3) is 0.571. The number of halogens is 2. The van der Waals surface area contributed by atoms with Crippen molar-refractivity contribution < 1.29 is 4.39 Å². The van der Waals surface area contributed by atoms with Crippen LogP contribution in [0.2, 0.25) is 5.02 Å². The minimum Gasteiger partial charge on any atom is -0.310 e. The lowest BCUT2D eigenvalue weighted by atomic mass is 9.94. The smallest absolute Gasteiger partial charge is 0.146 e. The second kappa shape index (κ2) is 6.97. The predicted molar refractivity (Wildman–Crippen MR) is 71.9 cm³/mol. The van der Waals surface area contributed by atoms with E-state index in [0.29, 0.717) is 11.5 Å². The van der Waals surface area contributed by atoms with Gasteiger partial charge in [-0.1, -0.05) is 50.9 Å². The summed E-state index contributed by atoms with van der Waals surface area (Å²) >= 11 is 5.83. The Hall–Kier alpha value is -0.600. The maximum Gasteiger partial charge on any atom is 0.146 e. The highest BCUT2D eigenvalue weighted by Crippen LogP contribution is 2.28. The number of hydrogen-bond acceptors (Lipinski definition) is 1. The Morgan fingerprint density at radius 1 is 1.35 bits per heavy atom. The molecule has 0 aliphatic carbocycles. The van der Waals surface area contributed by atoms with Gasteiger partial charge < -0.3 is 5.32 Å². The van der Waals surface area contributed by atoms with Crippen molar-refractivity contribution in [2.75, 3.05) is 6.54 Å². The lowest BCUT2D eigenvalue weighted by Crippen LogP contribution is -2.23. The van der Waals surface area contributed by atoms with E-state index in [1.807, 2.05) is 19.1 Å². The highest BCUT2D eigenvalue weighted by Gasteiger charge is 2.18. The third-order valence-corrected chi connectivity index (χ3v) is 3.43. The van der Waals surface area contributed by atoms with E-state index in [0.717, 1.165) is 19.4 Å². The Kier molecular flexibility index (Phi) is 5.93. The minimum atomic E-state index is -0.289. The van der Waals surface area contributed by atoms with Crippen molar-refractivity contribution in [2.45, 2.75) is 39.7 Å². The van der Waals surface area contributed by atoms with Crippen LogP contribution in [0.15, 0.2) is 18.2 Å². The molecule has 0 aliphatic rings. The quantitative estimate of drug-likeness (QED) is 0.787. The van der Waals surface area contributed by atoms with Crippen molar-refractivity contribution in [1.29, 1.82) is 0 Å². The van der Waals surface area contributed by atoms with Crippen LogP contribution in [-0.4, -0.2) is 6.54 Å². The lowest BCUT2D eigenvalue weighted by Gasteiger charge is -2.22. The minimum absolute atomic E-state index is 0.0497. The summed E-state index contributed by atoms with van der Waals surface area (Å²) in [5, 5.41) is 3.54. The molecule has 3 heteroatoms. The fourth-order valence-corrected chi connectivity index (χ4v) is 2.11. The molecule has 0 spiro atoms. The first-order chi connectivity index (χ1) is 8.10. The third-order valence-electron chi connectivity index (χ3n) is 3.14. The van der Waals surface area contributed by atoms with Crippen LogP contribution < -0.4 is 5.32 Å². The summed E-state index contributed by atoms with van der Waals surface area (Å²) in [4.78, 5) is 0. The first kappa shape index (κ1) is 14.5. The number of hydrogen-bond donors (Lipinski definition) is 1. The molecule has 1 N–H and O–H groups in total. The van der Waals surface area contributed by atoms with Crippen LogP contribution in [0.1, 0.15) is 45.2 Å². The monoisotopic (exact) mass is 257 g/mol. The van der Waals surface area contributed by atoms with Gasteiger partial charge >= 0.3 is 0 Å². The van der Waals surface area contributed by atoms with Gasteiger partial charge in [-0.15, -0.1) is 0 Å². The fourth-order valence-electron chi connectivity index (χ4n) is 1.93. The van der Waals surface area contributed by atoms with Crippen molar-refractivity contribution in [1.82, 2.24) is 5.32 Å². The third kappa shape index (κ3) is 3.97. The molecule has 0 bridgehead atoms. The van der Waals surface area contributed by atoms with Crippen molar-refractivity contribution in [3.63, 3.8) is 0 Å². The molecule has 0 heterocycles. The molecule has 17 heavy (non-hydrogen) atoms. The van der Waals surface area contributed by atoms with E-state index in [-0.39, 0.29) is 16.9 Å². The molecular formula is C14H21ClFN.